The van der Waals surface area contributed by atoms with Gasteiger partial charge in [-0.1, -0.05) is 0 Å². The van der Waals surface area contributed by atoms with E-state index in [1.54, 1.807) is 11.3 Å². The summed E-state index contributed by atoms with van der Waals surface area (Å²) in [6.45, 7) is 2.76. The van der Waals surface area contributed by atoms with Gasteiger partial charge >= 0.3 is 0 Å². The van der Waals surface area contributed by atoms with Crippen molar-refractivity contribution in [2.45, 2.75) is 19.4 Å². The predicted octanol–water partition coefficient (Wildman–Crippen LogP) is 2.44. The first-order valence-electron chi connectivity index (χ1n) is 5.04. The highest BCUT2D eigenvalue weighted by atomic mass is 32.1. The van der Waals surface area contributed by atoms with Gasteiger partial charge in [-0.25, -0.2) is 4.98 Å². The van der Waals surface area contributed by atoms with E-state index in [1.807, 2.05) is 13.1 Å². The molecule has 0 amide bonds. The topological polar surface area (TPSA) is 37.9 Å². The average molecular weight is 220 g/mol. The minimum Gasteiger partial charge on any atom is -0.366 e. The Morgan fingerprint density at radius 3 is 3.33 bits per heavy atom. The van der Waals surface area contributed by atoms with Gasteiger partial charge in [0.1, 0.15) is 11.9 Å². The molecule has 4 heteroatoms. The molecule has 0 fully saturated rings. The second-order valence-electron chi connectivity index (χ2n) is 3.73. The molecule has 0 spiro atoms. The fourth-order valence-corrected chi connectivity index (χ4v) is 2.97. The van der Waals surface area contributed by atoms with E-state index in [4.69, 9.17) is 4.74 Å². The van der Waals surface area contributed by atoms with Crippen LogP contribution in [0.25, 0.3) is 0 Å². The van der Waals surface area contributed by atoms with Crippen LogP contribution in [0.3, 0.4) is 0 Å². The van der Waals surface area contributed by atoms with Crippen molar-refractivity contribution in [2.75, 3.05) is 6.61 Å². The SMILES string of the molecule is Cc1ncc(C2OCCc3ccsc32)[nH]1. The molecule has 0 saturated carbocycles. The number of fused-ring (bicyclic) bond motifs is 1. The van der Waals surface area contributed by atoms with Crippen LogP contribution < -0.4 is 0 Å². The Morgan fingerprint density at radius 2 is 2.53 bits per heavy atom. The molecule has 3 nitrogen and oxygen atoms in total. The first kappa shape index (κ1) is 9.12. The van der Waals surface area contributed by atoms with E-state index in [0.29, 0.717) is 0 Å². The molecule has 3 heterocycles. The number of thiophene rings is 1. The van der Waals surface area contributed by atoms with Crippen molar-refractivity contribution in [1.82, 2.24) is 9.97 Å². The van der Waals surface area contributed by atoms with E-state index in [-0.39, 0.29) is 6.10 Å². The molecule has 1 atom stereocenters. The summed E-state index contributed by atoms with van der Waals surface area (Å²) in [5.74, 6) is 0.942. The second kappa shape index (κ2) is 3.47. The standard InChI is InChI=1S/C11H12N2OS/c1-7-12-6-9(13-7)10-11-8(2-4-14-10)3-5-15-11/h3,5-6,10H,2,4H2,1H3,(H,12,13). The van der Waals surface area contributed by atoms with Crippen molar-refractivity contribution in [3.63, 3.8) is 0 Å². The van der Waals surface area contributed by atoms with E-state index in [0.717, 1.165) is 24.5 Å². The molecule has 1 N–H and O–H groups in total. The van der Waals surface area contributed by atoms with Crippen LogP contribution in [-0.2, 0) is 11.2 Å². The minimum absolute atomic E-state index is 0.0648. The van der Waals surface area contributed by atoms with Crippen LogP contribution in [-0.4, -0.2) is 16.6 Å². The lowest BCUT2D eigenvalue weighted by atomic mass is 10.1. The monoisotopic (exact) mass is 220 g/mol. The summed E-state index contributed by atoms with van der Waals surface area (Å²) in [7, 11) is 0. The second-order valence-corrected chi connectivity index (χ2v) is 4.68. The molecule has 1 aliphatic heterocycles. The van der Waals surface area contributed by atoms with Crippen molar-refractivity contribution < 1.29 is 4.74 Å². The molecule has 1 aliphatic rings. The summed E-state index contributed by atoms with van der Waals surface area (Å²) in [5, 5.41) is 2.13. The Kier molecular flexibility index (Phi) is 2.11. The average Bonchev–Trinajstić information content (AvgIpc) is 2.84. The molecule has 0 bridgehead atoms. The zero-order chi connectivity index (χ0) is 10.3. The number of nitrogens with one attached hydrogen (secondary N) is 1. The summed E-state index contributed by atoms with van der Waals surface area (Å²) in [4.78, 5) is 8.79. The number of aromatic nitrogens is 2. The summed E-state index contributed by atoms with van der Waals surface area (Å²) >= 11 is 1.76. The van der Waals surface area contributed by atoms with E-state index in [2.05, 4.69) is 21.4 Å². The molecule has 0 saturated heterocycles. The Labute approximate surface area is 92.1 Å². The Balaban J connectivity index is 2.02. The predicted molar refractivity (Wildman–Crippen MR) is 59.1 cm³/mol. The third kappa shape index (κ3) is 1.50. The van der Waals surface area contributed by atoms with Crippen molar-refractivity contribution >= 4 is 11.3 Å². The first-order chi connectivity index (χ1) is 7.34. The summed E-state index contributed by atoms with van der Waals surface area (Å²) in [6.07, 6.45) is 2.96. The van der Waals surface area contributed by atoms with Gasteiger partial charge in [0.25, 0.3) is 0 Å². The van der Waals surface area contributed by atoms with Gasteiger partial charge in [-0.3, -0.25) is 0 Å². The van der Waals surface area contributed by atoms with Crippen LogP contribution in [0.2, 0.25) is 0 Å². The first-order valence-corrected chi connectivity index (χ1v) is 5.92. The maximum absolute atomic E-state index is 5.80. The van der Waals surface area contributed by atoms with Crippen molar-refractivity contribution in [1.29, 1.82) is 0 Å². The van der Waals surface area contributed by atoms with Crippen molar-refractivity contribution in [3.05, 3.63) is 39.6 Å². The lowest BCUT2D eigenvalue weighted by Crippen LogP contribution is -2.15. The molecular formula is C11H12N2OS. The number of hydrogen-bond acceptors (Lipinski definition) is 3. The number of H-pyrrole nitrogens is 1. The minimum atomic E-state index is 0.0648. The summed E-state index contributed by atoms with van der Waals surface area (Å²) in [6, 6.07) is 2.19. The van der Waals surface area contributed by atoms with Gasteiger partial charge in [0.2, 0.25) is 0 Å². The number of hydrogen-bond donors (Lipinski definition) is 1. The molecule has 1 unspecified atom stereocenters. The van der Waals surface area contributed by atoms with Crippen LogP contribution in [0, 0.1) is 6.92 Å². The molecule has 3 rings (SSSR count). The van der Waals surface area contributed by atoms with Gasteiger partial charge in [-0.15, -0.1) is 11.3 Å². The number of aryl methyl sites for hydroxylation is 1. The normalized spacial score (nSPS) is 20.2. The zero-order valence-electron chi connectivity index (χ0n) is 8.49. The van der Waals surface area contributed by atoms with Crippen LogP contribution in [0.1, 0.15) is 28.1 Å². The maximum Gasteiger partial charge on any atom is 0.133 e. The van der Waals surface area contributed by atoms with Crippen LogP contribution in [0.15, 0.2) is 17.6 Å². The van der Waals surface area contributed by atoms with Gasteiger partial charge in [0.15, 0.2) is 0 Å². The van der Waals surface area contributed by atoms with Crippen LogP contribution in [0.4, 0.5) is 0 Å². The molecule has 0 aliphatic carbocycles. The smallest absolute Gasteiger partial charge is 0.133 e. The van der Waals surface area contributed by atoms with Gasteiger partial charge in [-0.2, -0.15) is 0 Å². The Bertz CT molecular complexity index is 474. The number of aromatic amines is 1. The van der Waals surface area contributed by atoms with Crippen molar-refractivity contribution in [2.24, 2.45) is 0 Å². The van der Waals surface area contributed by atoms with Gasteiger partial charge in [0, 0.05) is 4.88 Å². The van der Waals surface area contributed by atoms with Crippen LogP contribution in [0.5, 0.6) is 0 Å². The van der Waals surface area contributed by atoms with Gasteiger partial charge in [0.05, 0.1) is 18.5 Å². The number of nitrogens with zero attached hydrogens (tertiary/aromatic N) is 1. The Morgan fingerprint density at radius 1 is 1.60 bits per heavy atom. The molecule has 0 aromatic carbocycles. The molecular weight excluding hydrogens is 208 g/mol. The third-order valence-corrected chi connectivity index (χ3v) is 3.68. The fourth-order valence-electron chi connectivity index (χ4n) is 1.95. The van der Waals surface area contributed by atoms with E-state index < -0.39 is 0 Å². The van der Waals surface area contributed by atoms with Crippen LogP contribution >= 0.6 is 11.3 Å². The number of imidazole rings is 1. The van der Waals surface area contributed by atoms with E-state index in [1.165, 1.54) is 10.4 Å². The molecule has 0 radical (unpaired) electrons. The highest BCUT2D eigenvalue weighted by Gasteiger charge is 2.24. The Hall–Kier alpha value is -1.13. The quantitative estimate of drug-likeness (QED) is 0.801. The summed E-state index contributed by atoms with van der Waals surface area (Å²) in [5.41, 5.74) is 2.49. The van der Waals surface area contributed by atoms with Gasteiger partial charge in [-0.05, 0) is 30.4 Å². The largest absolute Gasteiger partial charge is 0.366 e. The third-order valence-electron chi connectivity index (χ3n) is 2.68. The molecule has 15 heavy (non-hydrogen) atoms. The molecule has 2 aromatic rings. The van der Waals surface area contributed by atoms with Gasteiger partial charge < -0.3 is 9.72 Å². The molecule has 2 aromatic heterocycles. The lowest BCUT2D eigenvalue weighted by molar-refractivity contribution is 0.0703. The van der Waals surface area contributed by atoms with Crippen molar-refractivity contribution in [3.8, 4) is 0 Å². The number of rotatable bonds is 1. The molecule has 78 valence electrons. The van der Waals surface area contributed by atoms with E-state index >= 15 is 0 Å². The summed E-state index contributed by atoms with van der Waals surface area (Å²) < 4.78 is 5.80. The highest BCUT2D eigenvalue weighted by molar-refractivity contribution is 7.10. The zero-order valence-corrected chi connectivity index (χ0v) is 9.30. The fraction of sp³-hybridized carbons (Fsp3) is 0.364. The highest BCUT2D eigenvalue weighted by Crippen LogP contribution is 2.35. The van der Waals surface area contributed by atoms with E-state index in [9.17, 15) is 0 Å². The maximum atomic E-state index is 5.80. The number of ether oxygens (including phenoxy) is 1. The lowest BCUT2D eigenvalue weighted by Gasteiger charge is -2.21.